The maximum Gasteiger partial charge on any atom is 0.417 e. The van der Waals surface area contributed by atoms with E-state index in [1.165, 1.54) is 24.8 Å². The average Bonchev–Trinajstić information content (AvgIpc) is 2.89. The van der Waals surface area contributed by atoms with Crippen molar-refractivity contribution in [3.05, 3.63) is 35.7 Å². The predicted molar refractivity (Wildman–Crippen MR) is 99.7 cm³/mol. The second-order valence-electron chi connectivity index (χ2n) is 6.74. The van der Waals surface area contributed by atoms with E-state index in [-0.39, 0.29) is 5.52 Å². The Morgan fingerprint density at radius 3 is 2.59 bits per heavy atom. The SMILES string of the molecule is CCSc1cc(C2CCC2)cnc1-c1nc2cc(C(F)(F)F)cnc2n1C. The fourth-order valence-electron chi connectivity index (χ4n) is 3.30. The summed E-state index contributed by atoms with van der Waals surface area (Å²) >= 11 is 1.67. The molecule has 0 unspecified atom stereocenters. The van der Waals surface area contributed by atoms with Crippen LogP contribution < -0.4 is 0 Å². The van der Waals surface area contributed by atoms with Gasteiger partial charge in [0.2, 0.25) is 0 Å². The highest BCUT2D eigenvalue weighted by Crippen LogP contribution is 2.39. The Labute approximate surface area is 159 Å². The summed E-state index contributed by atoms with van der Waals surface area (Å²) in [6, 6.07) is 3.20. The lowest BCUT2D eigenvalue weighted by molar-refractivity contribution is -0.137. The van der Waals surface area contributed by atoms with Gasteiger partial charge in [-0.3, -0.25) is 4.98 Å². The van der Waals surface area contributed by atoms with E-state index in [1.54, 1.807) is 23.4 Å². The lowest BCUT2D eigenvalue weighted by Gasteiger charge is -2.26. The van der Waals surface area contributed by atoms with Crippen LogP contribution in [0.15, 0.2) is 29.4 Å². The number of rotatable bonds is 4. The maximum atomic E-state index is 13.0. The highest BCUT2D eigenvalue weighted by Gasteiger charge is 2.32. The second-order valence-corrected chi connectivity index (χ2v) is 8.04. The largest absolute Gasteiger partial charge is 0.417 e. The highest BCUT2D eigenvalue weighted by atomic mass is 32.2. The molecule has 1 fully saturated rings. The number of nitrogens with zero attached hydrogens (tertiary/aromatic N) is 4. The number of alkyl halides is 3. The van der Waals surface area contributed by atoms with Gasteiger partial charge in [0.25, 0.3) is 0 Å². The van der Waals surface area contributed by atoms with Gasteiger partial charge in [-0.05, 0) is 42.2 Å². The molecule has 3 aromatic rings. The van der Waals surface area contributed by atoms with Crippen molar-refractivity contribution in [3.8, 4) is 11.5 Å². The molecule has 8 heteroatoms. The molecular weight excluding hydrogens is 373 g/mol. The van der Waals surface area contributed by atoms with E-state index in [2.05, 4.69) is 27.9 Å². The number of halogens is 3. The topological polar surface area (TPSA) is 43.6 Å². The summed E-state index contributed by atoms with van der Waals surface area (Å²) in [6.07, 6.45) is 1.92. The van der Waals surface area contributed by atoms with Crippen molar-refractivity contribution in [2.75, 3.05) is 5.75 Å². The Kier molecular flexibility index (Phi) is 4.61. The molecular formula is C19H19F3N4S. The number of hydrogen-bond donors (Lipinski definition) is 0. The summed E-state index contributed by atoms with van der Waals surface area (Å²) < 4.78 is 40.6. The molecule has 142 valence electrons. The van der Waals surface area contributed by atoms with Gasteiger partial charge in [0, 0.05) is 24.3 Å². The van der Waals surface area contributed by atoms with E-state index in [0.29, 0.717) is 23.1 Å². The van der Waals surface area contributed by atoms with Crippen LogP contribution in [0.4, 0.5) is 13.2 Å². The number of thioether (sulfide) groups is 1. The molecule has 0 aromatic carbocycles. The Hall–Kier alpha value is -2.09. The van der Waals surface area contributed by atoms with Gasteiger partial charge in [-0.1, -0.05) is 13.3 Å². The van der Waals surface area contributed by atoms with Crippen LogP contribution in [0.1, 0.15) is 43.2 Å². The van der Waals surface area contributed by atoms with Crippen LogP contribution in [0.3, 0.4) is 0 Å². The zero-order chi connectivity index (χ0) is 19.2. The Bertz CT molecular complexity index is 993. The second kappa shape index (κ2) is 6.82. The summed E-state index contributed by atoms with van der Waals surface area (Å²) in [5.74, 6) is 1.98. The molecule has 4 nitrogen and oxygen atoms in total. The van der Waals surface area contributed by atoms with Crippen LogP contribution in [0.2, 0.25) is 0 Å². The summed E-state index contributed by atoms with van der Waals surface area (Å²) in [6.45, 7) is 2.07. The van der Waals surface area contributed by atoms with Crippen molar-refractivity contribution in [2.45, 2.75) is 43.2 Å². The number of aromatic nitrogens is 4. The van der Waals surface area contributed by atoms with Crippen molar-refractivity contribution < 1.29 is 13.2 Å². The first kappa shape index (κ1) is 18.3. The van der Waals surface area contributed by atoms with Gasteiger partial charge < -0.3 is 4.57 Å². The average molecular weight is 392 g/mol. The third-order valence-corrected chi connectivity index (χ3v) is 5.91. The molecule has 1 aliphatic carbocycles. The smallest absolute Gasteiger partial charge is 0.310 e. The van der Waals surface area contributed by atoms with E-state index < -0.39 is 11.7 Å². The van der Waals surface area contributed by atoms with Gasteiger partial charge in [0.05, 0.1) is 5.56 Å². The number of pyridine rings is 2. The molecule has 0 N–H and O–H groups in total. The van der Waals surface area contributed by atoms with Crippen molar-refractivity contribution in [3.63, 3.8) is 0 Å². The molecule has 0 atom stereocenters. The van der Waals surface area contributed by atoms with Crippen LogP contribution in [0, 0.1) is 0 Å². The third-order valence-electron chi connectivity index (χ3n) is 5.00. The molecule has 27 heavy (non-hydrogen) atoms. The first-order valence-corrected chi connectivity index (χ1v) is 9.89. The minimum Gasteiger partial charge on any atom is -0.310 e. The molecule has 1 saturated carbocycles. The Balaban J connectivity index is 1.82. The predicted octanol–water partition coefficient (Wildman–Crippen LogP) is 5.43. The molecule has 0 aliphatic heterocycles. The van der Waals surface area contributed by atoms with E-state index in [4.69, 9.17) is 0 Å². The maximum absolute atomic E-state index is 13.0. The lowest BCUT2D eigenvalue weighted by atomic mass is 9.81. The molecule has 0 spiro atoms. The fraction of sp³-hybridized carbons (Fsp3) is 0.421. The quantitative estimate of drug-likeness (QED) is 0.556. The van der Waals surface area contributed by atoms with Gasteiger partial charge in [0.1, 0.15) is 11.2 Å². The van der Waals surface area contributed by atoms with Crippen molar-refractivity contribution in [1.29, 1.82) is 0 Å². The minimum atomic E-state index is -4.44. The van der Waals surface area contributed by atoms with Gasteiger partial charge in [-0.15, -0.1) is 11.8 Å². The number of hydrogen-bond acceptors (Lipinski definition) is 4. The lowest BCUT2D eigenvalue weighted by Crippen LogP contribution is -2.09. The number of fused-ring (bicyclic) bond motifs is 1. The first-order valence-electron chi connectivity index (χ1n) is 8.91. The van der Waals surface area contributed by atoms with Gasteiger partial charge in [0.15, 0.2) is 11.5 Å². The monoisotopic (exact) mass is 392 g/mol. The standard InChI is InChI=1S/C19H19F3N4S/c1-3-27-15-7-12(11-5-4-6-11)9-23-16(15)18-25-14-8-13(19(20,21)22)10-24-17(14)26(18)2/h7-11H,3-6H2,1-2H3. The van der Waals surface area contributed by atoms with E-state index in [0.717, 1.165) is 22.9 Å². The first-order chi connectivity index (χ1) is 12.9. The summed E-state index contributed by atoms with van der Waals surface area (Å²) in [5.41, 5.74) is 1.77. The van der Waals surface area contributed by atoms with Crippen molar-refractivity contribution in [1.82, 2.24) is 19.5 Å². The molecule has 0 bridgehead atoms. The number of aryl methyl sites for hydroxylation is 1. The van der Waals surface area contributed by atoms with Crippen LogP contribution in [0.25, 0.3) is 22.7 Å². The summed E-state index contributed by atoms with van der Waals surface area (Å²) in [5, 5.41) is 0. The van der Waals surface area contributed by atoms with Crippen LogP contribution in [-0.4, -0.2) is 25.3 Å². The van der Waals surface area contributed by atoms with Crippen molar-refractivity contribution in [2.24, 2.45) is 7.05 Å². The molecule has 0 saturated heterocycles. The van der Waals surface area contributed by atoms with Crippen LogP contribution in [-0.2, 0) is 13.2 Å². The van der Waals surface area contributed by atoms with Gasteiger partial charge >= 0.3 is 6.18 Å². The Morgan fingerprint density at radius 2 is 1.96 bits per heavy atom. The minimum absolute atomic E-state index is 0.222. The molecule has 4 rings (SSSR count). The van der Waals surface area contributed by atoms with E-state index in [1.807, 2.05) is 6.20 Å². The zero-order valence-electron chi connectivity index (χ0n) is 15.0. The molecule has 3 heterocycles. The molecule has 3 aromatic heterocycles. The summed E-state index contributed by atoms with van der Waals surface area (Å²) in [7, 11) is 1.76. The third kappa shape index (κ3) is 3.31. The van der Waals surface area contributed by atoms with Crippen molar-refractivity contribution >= 4 is 22.9 Å². The highest BCUT2D eigenvalue weighted by molar-refractivity contribution is 7.99. The van der Waals surface area contributed by atoms with E-state index in [9.17, 15) is 13.2 Å². The van der Waals surface area contributed by atoms with Crippen LogP contribution >= 0.6 is 11.8 Å². The number of imidazole rings is 1. The van der Waals surface area contributed by atoms with E-state index >= 15 is 0 Å². The van der Waals surface area contributed by atoms with Gasteiger partial charge in [-0.25, -0.2) is 9.97 Å². The normalized spacial score (nSPS) is 15.3. The Morgan fingerprint density at radius 1 is 1.19 bits per heavy atom. The zero-order valence-corrected chi connectivity index (χ0v) is 15.9. The summed E-state index contributed by atoms with van der Waals surface area (Å²) in [4.78, 5) is 14.1. The van der Waals surface area contributed by atoms with Crippen LogP contribution in [0.5, 0.6) is 0 Å². The van der Waals surface area contributed by atoms with Gasteiger partial charge in [-0.2, -0.15) is 13.2 Å². The molecule has 1 aliphatic rings. The molecule has 0 amide bonds. The molecule has 0 radical (unpaired) electrons. The fourth-order valence-corrected chi connectivity index (χ4v) is 4.11.